The molecule has 120 valence electrons. The highest BCUT2D eigenvalue weighted by atomic mass is 16.4. The fourth-order valence-corrected chi connectivity index (χ4v) is 2.06. The number of carbonyl (C=O) groups is 1. The number of unbranched alkanes of at least 4 members (excludes halogenated alkanes) is 8. The maximum Gasteiger partial charge on any atom is 0.303 e. The lowest BCUT2D eigenvalue weighted by molar-refractivity contribution is -0.137. The molecule has 21 heavy (non-hydrogen) atoms. The van der Waals surface area contributed by atoms with E-state index in [2.05, 4.69) is 43.4 Å². The van der Waals surface area contributed by atoms with Gasteiger partial charge in [0.2, 0.25) is 0 Å². The van der Waals surface area contributed by atoms with E-state index in [9.17, 15) is 4.79 Å². The van der Waals surface area contributed by atoms with Gasteiger partial charge in [0.05, 0.1) is 0 Å². The summed E-state index contributed by atoms with van der Waals surface area (Å²) in [5, 5.41) is 8.51. The number of carboxylic acid groups (broad SMARTS) is 1. The summed E-state index contributed by atoms with van der Waals surface area (Å²) in [6, 6.07) is 0. The number of carboxylic acids is 1. The average molecular weight is 292 g/mol. The highest BCUT2D eigenvalue weighted by Crippen LogP contribution is 2.07. The fourth-order valence-electron chi connectivity index (χ4n) is 2.06. The van der Waals surface area contributed by atoms with E-state index in [-0.39, 0.29) is 0 Å². The van der Waals surface area contributed by atoms with Gasteiger partial charge in [-0.2, -0.15) is 0 Å². The van der Waals surface area contributed by atoms with Gasteiger partial charge in [-0.05, 0) is 32.1 Å². The predicted molar refractivity (Wildman–Crippen MR) is 91.5 cm³/mol. The minimum Gasteiger partial charge on any atom is -0.481 e. The van der Waals surface area contributed by atoms with Crippen molar-refractivity contribution < 1.29 is 9.90 Å². The molecule has 0 aromatic rings. The van der Waals surface area contributed by atoms with Gasteiger partial charge in [-0.25, -0.2) is 0 Å². The molecule has 0 spiro atoms. The molecule has 0 aliphatic heterocycles. The normalized spacial score (nSPS) is 12.0. The minimum absolute atomic E-state index is 0.316. The number of hydrogen-bond donors (Lipinski definition) is 1. The second-order valence-corrected chi connectivity index (χ2v) is 5.44. The lowest BCUT2D eigenvalue weighted by Gasteiger charge is -1.97. The van der Waals surface area contributed by atoms with Crippen LogP contribution in [-0.2, 0) is 4.79 Å². The van der Waals surface area contributed by atoms with Crippen molar-refractivity contribution in [2.24, 2.45) is 0 Å². The molecule has 2 nitrogen and oxygen atoms in total. The van der Waals surface area contributed by atoms with E-state index in [0.29, 0.717) is 6.42 Å². The van der Waals surface area contributed by atoms with Gasteiger partial charge in [-0.3, -0.25) is 4.79 Å². The van der Waals surface area contributed by atoms with E-state index < -0.39 is 5.97 Å². The molecule has 0 saturated heterocycles. The molecule has 0 rings (SSSR count). The molecule has 1 N–H and O–H groups in total. The van der Waals surface area contributed by atoms with E-state index in [1.807, 2.05) is 0 Å². The molecule has 0 aliphatic rings. The van der Waals surface area contributed by atoms with Crippen LogP contribution in [0.25, 0.3) is 0 Å². The van der Waals surface area contributed by atoms with Crippen LogP contribution in [0, 0.1) is 0 Å². The summed E-state index contributed by atoms with van der Waals surface area (Å²) >= 11 is 0. The highest BCUT2D eigenvalue weighted by molar-refractivity contribution is 5.66. The molecule has 0 atom stereocenters. The molecule has 0 bridgehead atoms. The van der Waals surface area contributed by atoms with Crippen molar-refractivity contribution >= 4 is 5.97 Å². The van der Waals surface area contributed by atoms with Crippen LogP contribution in [-0.4, -0.2) is 11.1 Å². The van der Waals surface area contributed by atoms with Crippen molar-refractivity contribution in [3.8, 4) is 0 Å². The number of aliphatic carboxylic acids is 1. The van der Waals surface area contributed by atoms with Crippen LogP contribution < -0.4 is 0 Å². The van der Waals surface area contributed by atoms with Crippen molar-refractivity contribution in [3.63, 3.8) is 0 Å². The first-order valence-corrected chi connectivity index (χ1v) is 8.47. The molecule has 0 aromatic heterocycles. The third-order valence-corrected chi connectivity index (χ3v) is 3.34. The molecule has 0 aromatic carbocycles. The lowest BCUT2D eigenvalue weighted by atomic mass is 10.1. The Morgan fingerprint density at radius 1 is 0.762 bits per heavy atom. The molecular formula is C19H32O2. The van der Waals surface area contributed by atoms with Gasteiger partial charge >= 0.3 is 5.97 Å². The summed E-state index contributed by atoms with van der Waals surface area (Å²) in [5.41, 5.74) is 0. The van der Waals surface area contributed by atoms with Gasteiger partial charge < -0.3 is 5.11 Å². The van der Waals surface area contributed by atoms with Crippen molar-refractivity contribution in [2.45, 2.75) is 77.6 Å². The third kappa shape index (κ3) is 18.7. The number of rotatable bonds is 14. The van der Waals surface area contributed by atoms with E-state index >= 15 is 0 Å². The topological polar surface area (TPSA) is 37.3 Å². The summed E-state index contributed by atoms with van der Waals surface area (Å²) in [4.78, 5) is 10.3. The Morgan fingerprint density at radius 2 is 1.29 bits per heavy atom. The number of hydrogen-bond acceptors (Lipinski definition) is 1. The molecule has 0 aliphatic carbocycles. The largest absolute Gasteiger partial charge is 0.481 e. The van der Waals surface area contributed by atoms with Crippen LogP contribution in [0.1, 0.15) is 77.6 Å². The average Bonchev–Trinajstić information content (AvgIpc) is 2.46. The van der Waals surface area contributed by atoms with Gasteiger partial charge in [0.15, 0.2) is 0 Å². The summed E-state index contributed by atoms with van der Waals surface area (Å²) in [6.45, 7) is 2.23. The van der Waals surface area contributed by atoms with Crippen LogP contribution in [0.5, 0.6) is 0 Å². The van der Waals surface area contributed by atoms with Crippen LogP contribution in [0.2, 0.25) is 0 Å². The molecule has 0 saturated carbocycles. The summed E-state index contributed by atoms with van der Waals surface area (Å²) in [5.74, 6) is -0.677. The Bertz CT molecular complexity index is 314. The second kappa shape index (κ2) is 16.7. The van der Waals surface area contributed by atoms with Crippen LogP contribution >= 0.6 is 0 Å². The molecule has 0 fully saturated rings. The van der Waals surface area contributed by atoms with Crippen molar-refractivity contribution in [2.75, 3.05) is 0 Å². The maximum atomic E-state index is 10.3. The Morgan fingerprint density at radius 3 is 1.86 bits per heavy atom. The van der Waals surface area contributed by atoms with Crippen LogP contribution in [0.4, 0.5) is 0 Å². The van der Waals surface area contributed by atoms with E-state index in [4.69, 9.17) is 5.11 Å². The lowest BCUT2D eigenvalue weighted by Crippen LogP contribution is -1.93. The Hall–Kier alpha value is -1.31. The Balaban J connectivity index is 3.30. The SMILES string of the molecule is CCCCC/C=C/C=C/C=C/CCCCCCCC(=O)O. The first-order chi connectivity index (χ1) is 10.3. The van der Waals surface area contributed by atoms with Gasteiger partial charge in [0.25, 0.3) is 0 Å². The predicted octanol–water partition coefficient (Wildman–Crippen LogP) is 6.05. The highest BCUT2D eigenvalue weighted by Gasteiger charge is 1.95. The van der Waals surface area contributed by atoms with Crippen LogP contribution in [0.15, 0.2) is 36.5 Å². The van der Waals surface area contributed by atoms with Gasteiger partial charge in [-0.1, -0.05) is 75.5 Å². The van der Waals surface area contributed by atoms with Gasteiger partial charge in [-0.15, -0.1) is 0 Å². The maximum absolute atomic E-state index is 10.3. The quantitative estimate of drug-likeness (QED) is 0.312. The zero-order chi connectivity index (χ0) is 15.6. The molecule has 0 heterocycles. The monoisotopic (exact) mass is 292 g/mol. The summed E-state index contributed by atoms with van der Waals surface area (Å²) in [6.07, 6.45) is 24.8. The fraction of sp³-hybridized carbons (Fsp3) is 0.632. The third-order valence-electron chi connectivity index (χ3n) is 3.34. The molecule has 0 amide bonds. The van der Waals surface area contributed by atoms with Gasteiger partial charge in [0.1, 0.15) is 0 Å². The zero-order valence-electron chi connectivity index (χ0n) is 13.6. The minimum atomic E-state index is -0.677. The van der Waals surface area contributed by atoms with Crippen molar-refractivity contribution in [3.05, 3.63) is 36.5 Å². The van der Waals surface area contributed by atoms with E-state index in [1.54, 1.807) is 0 Å². The first kappa shape index (κ1) is 19.7. The molecule has 0 unspecified atom stereocenters. The molecule has 0 radical (unpaired) electrons. The standard InChI is InChI=1S/C19H32O2/c1-2-3-4-5-6-7-8-9-10-11-12-13-14-15-16-17-18-19(20)21/h6-11H,2-5,12-18H2,1H3,(H,20,21)/b7-6+,9-8+,11-10+. The first-order valence-electron chi connectivity index (χ1n) is 8.47. The van der Waals surface area contributed by atoms with Crippen molar-refractivity contribution in [1.82, 2.24) is 0 Å². The molecule has 2 heteroatoms. The molecular weight excluding hydrogens is 260 g/mol. The second-order valence-electron chi connectivity index (χ2n) is 5.44. The van der Waals surface area contributed by atoms with Gasteiger partial charge in [0, 0.05) is 6.42 Å². The van der Waals surface area contributed by atoms with Crippen molar-refractivity contribution in [1.29, 1.82) is 0 Å². The summed E-state index contributed by atoms with van der Waals surface area (Å²) < 4.78 is 0. The van der Waals surface area contributed by atoms with Crippen LogP contribution in [0.3, 0.4) is 0 Å². The Kier molecular flexibility index (Phi) is 15.7. The van der Waals surface area contributed by atoms with E-state index in [0.717, 1.165) is 25.7 Å². The van der Waals surface area contributed by atoms with E-state index in [1.165, 1.54) is 38.5 Å². The Labute approximate surface area is 130 Å². The smallest absolute Gasteiger partial charge is 0.303 e. The summed E-state index contributed by atoms with van der Waals surface area (Å²) in [7, 11) is 0. The number of allylic oxidation sites excluding steroid dienone is 6. The zero-order valence-corrected chi connectivity index (χ0v) is 13.6.